The van der Waals surface area contributed by atoms with Crippen LogP contribution in [-0.2, 0) is 4.79 Å². The maximum absolute atomic E-state index is 11.9. The number of nitrogens with one attached hydrogen (secondary N) is 1. The summed E-state index contributed by atoms with van der Waals surface area (Å²) < 4.78 is 0. The Hall–Kier alpha value is -2.88. The highest BCUT2D eigenvalue weighted by Gasteiger charge is 2.21. The predicted molar refractivity (Wildman–Crippen MR) is 70.2 cm³/mol. The molecule has 1 aromatic carbocycles. The number of rotatable bonds is 5. The summed E-state index contributed by atoms with van der Waals surface area (Å²) in [5.74, 6) is 0.281. The summed E-state index contributed by atoms with van der Waals surface area (Å²) >= 11 is 0. The number of non-ortho nitro benzene ring substituents is 1. The van der Waals surface area contributed by atoms with Crippen molar-refractivity contribution in [1.29, 1.82) is 0 Å². The molecule has 1 atom stereocenters. The van der Waals surface area contributed by atoms with Crippen LogP contribution in [0.1, 0.15) is 22.3 Å². The average molecular weight is 276 g/mol. The molecule has 0 aliphatic rings. The maximum Gasteiger partial charge on any atom is 0.327 e. The summed E-state index contributed by atoms with van der Waals surface area (Å²) in [5.41, 5.74) is 0.401. The van der Waals surface area contributed by atoms with Gasteiger partial charge in [-0.25, -0.2) is 4.79 Å². The van der Waals surface area contributed by atoms with Crippen LogP contribution in [0.5, 0.6) is 0 Å². The normalized spacial score (nSPS) is 11.2. The number of carbonyl (C=O) groups excluding carboxylic acids is 1. The average Bonchev–Trinajstić information content (AvgIpc) is 2.37. The third-order valence-electron chi connectivity index (χ3n) is 2.59. The van der Waals surface area contributed by atoms with E-state index in [1.807, 2.05) is 0 Å². The van der Waals surface area contributed by atoms with Crippen molar-refractivity contribution in [2.45, 2.75) is 19.4 Å². The van der Waals surface area contributed by atoms with Gasteiger partial charge in [0.05, 0.1) is 4.92 Å². The largest absolute Gasteiger partial charge is 0.480 e. The van der Waals surface area contributed by atoms with Gasteiger partial charge < -0.3 is 10.4 Å². The minimum atomic E-state index is -1.24. The Kier molecular flexibility index (Phi) is 4.81. The van der Waals surface area contributed by atoms with E-state index in [9.17, 15) is 19.7 Å². The molecule has 1 amide bonds. The van der Waals surface area contributed by atoms with Crippen LogP contribution in [0.2, 0.25) is 0 Å². The lowest BCUT2D eigenvalue weighted by molar-refractivity contribution is -0.384. The minimum absolute atomic E-state index is 0.141. The summed E-state index contributed by atoms with van der Waals surface area (Å²) in [5, 5.41) is 21.8. The fraction of sp³-hybridized carbons (Fsp3) is 0.231. The lowest BCUT2D eigenvalue weighted by Crippen LogP contribution is -2.40. The Balaban J connectivity index is 2.95. The zero-order valence-corrected chi connectivity index (χ0v) is 10.6. The van der Waals surface area contributed by atoms with Crippen LogP contribution in [0.15, 0.2) is 18.2 Å². The Labute approximate surface area is 114 Å². The van der Waals surface area contributed by atoms with Crippen molar-refractivity contribution in [2.24, 2.45) is 0 Å². The van der Waals surface area contributed by atoms with Crippen molar-refractivity contribution in [3.63, 3.8) is 0 Å². The second kappa shape index (κ2) is 6.33. The topological polar surface area (TPSA) is 110 Å². The van der Waals surface area contributed by atoms with Crippen molar-refractivity contribution in [1.82, 2.24) is 5.32 Å². The number of terminal acetylenes is 1. The summed E-state index contributed by atoms with van der Waals surface area (Å²) in [6.45, 7) is 1.53. The van der Waals surface area contributed by atoms with Gasteiger partial charge in [-0.1, -0.05) is 0 Å². The number of hydrogen-bond acceptors (Lipinski definition) is 4. The molecule has 0 radical (unpaired) electrons. The van der Waals surface area contributed by atoms with Crippen LogP contribution in [0.25, 0.3) is 0 Å². The van der Waals surface area contributed by atoms with Crippen LogP contribution >= 0.6 is 0 Å². The molecule has 0 aromatic heterocycles. The highest BCUT2D eigenvalue weighted by Crippen LogP contribution is 2.17. The number of benzene rings is 1. The number of carbonyl (C=O) groups is 2. The monoisotopic (exact) mass is 276 g/mol. The third-order valence-corrected chi connectivity index (χ3v) is 2.59. The quantitative estimate of drug-likeness (QED) is 0.475. The van der Waals surface area contributed by atoms with E-state index in [0.29, 0.717) is 5.56 Å². The molecule has 2 N–H and O–H groups in total. The number of aliphatic carboxylic acids is 1. The molecule has 0 aliphatic carbocycles. The molecule has 0 bridgehead atoms. The number of nitro benzene ring substituents is 1. The molecule has 104 valence electrons. The number of aryl methyl sites for hydroxylation is 1. The number of nitro groups is 1. The molecule has 1 aromatic rings. The van der Waals surface area contributed by atoms with Crippen molar-refractivity contribution < 1.29 is 19.6 Å². The zero-order chi connectivity index (χ0) is 15.3. The van der Waals surface area contributed by atoms with E-state index in [4.69, 9.17) is 11.5 Å². The third kappa shape index (κ3) is 3.55. The molecule has 0 heterocycles. The Morgan fingerprint density at radius 2 is 2.20 bits per heavy atom. The highest BCUT2D eigenvalue weighted by molar-refractivity contribution is 5.98. The number of carboxylic acids is 1. The minimum Gasteiger partial charge on any atom is -0.480 e. The number of nitrogens with zero attached hydrogens (tertiary/aromatic N) is 1. The first-order valence-electron chi connectivity index (χ1n) is 5.59. The van der Waals surface area contributed by atoms with Gasteiger partial charge in [0.15, 0.2) is 0 Å². The SMILES string of the molecule is C#CCC(NC(=O)c1ccc([N+](=O)[O-])cc1C)C(=O)O. The molecule has 7 heteroatoms. The van der Waals surface area contributed by atoms with Gasteiger partial charge in [-0.3, -0.25) is 14.9 Å². The van der Waals surface area contributed by atoms with E-state index in [0.717, 1.165) is 0 Å². The van der Waals surface area contributed by atoms with Crippen LogP contribution in [0, 0.1) is 29.4 Å². The molecule has 0 spiro atoms. The second-order valence-corrected chi connectivity index (χ2v) is 4.03. The van der Waals surface area contributed by atoms with Gasteiger partial charge in [-0.05, 0) is 18.6 Å². The highest BCUT2D eigenvalue weighted by atomic mass is 16.6. The first-order valence-corrected chi connectivity index (χ1v) is 5.59. The Bertz CT molecular complexity index is 603. The van der Waals surface area contributed by atoms with Crippen LogP contribution in [0.3, 0.4) is 0 Å². The maximum atomic E-state index is 11.9. The van der Waals surface area contributed by atoms with Crippen LogP contribution in [-0.4, -0.2) is 27.9 Å². The van der Waals surface area contributed by atoms with Gasteiger partial charge in [0, 0.05) is 24.1 Å². The molecule has 7 nitrogen and oxygen atoms in total. The zero-order valence-electron chi connectivity index (χ0n) is 10.6. The van der Waals surface area contributed by atoms with Gasteiger partial charge in [0.1, 0.15) is 6.04 Å². The van der Waals surface area contributed by atoms with E-state index in [1.54, 1.807) is 0 Å². The fourth-order valence-electron chi connectivity index (χ4n) is 1.57. The number of hydrogen-bond donors (Lipinski definition) is 2. The summed E-state index contributed by atoms with van der Waals surface area (Å²) in [6, 6.07) is 2.50. The van der Waals surface area contributed by atoms with E-state index < -0.39 is 22.8 Å². The summed E-state index contributed by atoms with van der Waals surface area (Å²) in [6.07, 6.45) is 4.88. The molecule has 20 heavy (non-hydrogen) atoms. The number of carboxylic acid groups (broad SMARTS) is 1. The van der Waals surface area contributed by atoms with E-state index >= 15 is 0 Å². The number of amides is 1. The van der Waals surface area contributed by atoms with E-state index in [2.05, 4.69) is 11.2 Å². The first kappa shape index (κ1) is 15.2. The van der Waals surface area contributed by atoms with Crippen molar-refractivity contribution in [3.8, 4) is 12.3 Å². The summed E-state index contributed by atoms with van der Waals surface area (Å²) in [7, 11) is 0. The molecular weight excluding hydrogens is 264 g/mol. The van der Waals surface area contributed by atoms with Crippen LogP contribution < -0.4 is 5.32 Å². The smallest absolute Gasteiger partial charge is 0.327 e. The van der Waals surface area contributed by atoms with Gasteiger partial charge in [0.25, 0.3) is 11.6 Å². The molecule has 1 unspecified atom stereocenters. The van der Waals surface area contributed by atoms with E-state index in [1.165, 1.54) is 25.1 Å². The molecule has 0 aliphatic heterocycles. The fourth-order valence-corrected chi connectivity index (χ4v) is 1.57. The Morgan fingerprint density at radius 3 is 2.65 bits per heavy atom. The first-order chi connectivity index (χ1) is 9.36. The lowest BCUT2D eigenvalue weighted by atomic mass is 10.1. The standard InChI is InChI=1S/C13H12N2O5/c1-3-4-11(13(17)18)14-12(16)10-6-5-9(15(19)20)7-8(10)2/h1,5-7,11H,4H2,2H3,(H,14,16)(H,17,18). The predicted octanol–water partition coefficient (Wildman–Crippen LogP) is 1.11. The van der Waals surface area contributed by atoms with Crippen LogP contribution in [0.4, 0.5) is 5.69 Å². The van der Waals surface area contributed by atoms with Gasteiger partial charge in [-0.2, -0.15) is 0 Å². The Morgan fingerprint density at radius 1 is 1.55 bits per heavy atom. The molecular formula is C13H12N2O5. The van der Waals surface area contributed by atoms with E-state index in [-0.39, 0.29) is 17.7 Å². The molecule has 0 saturated heterocycles. The van der Waals surface area contributed by atoms with Crippen molar-refractivity contribution in [3.05, 3.63) is 39.4 Å². The van der Waals surface area contributed by atoms with Gasteiger partial charge in [-0.15, -0.1) is 12.3 Å². The second-order valence-electron chi connectivity index (χ2n) is 4.03. The van der Waals surface area contributed by atoms with Crippen molar-refractivity contribution >= 4 is 17.6 Å². The molecule has 1 rings (SSSR count). The van der Waals surface area contributed by atoms with Gasteiger partial charge in [0.2, 0.25) is 0 Å². The summed E-state index contributed by atoms with van der Waals surface area (Å²) in [4.78, 5) is 32.8. The lowest BCUT2D eigenvalue weighted by Gasteiger charge is -2.12. The van der Waals surface area contributed by atoms with Crippen molar-refractivity contribution in [2.75, 3.05) is 0 Å². The van der Waals surface area contributed by atoms with Gasteiger partial charge >= 0.3 is 5.97 Å². The molecule has 0 fully saturated rings. The molecule has 0 saturated carbocycles.